The smallest absolute Gasteiger partial charge is 0.278 e. The fourth-order valence-electron chi connectivity index (χ4n) is 3.30. The Labute approximate surface area is 141 Å². The van der Waals surface area contributed by atoms with Crippen LogP contribution < -0.4 is 20.3 Å². The Morgan fingerprint density at radius 2 is 2.04 bits per heavy atom. The summed E-state index contributed by atoms with van der Waals surface area (Å²) in [6.45, 7) is 4.40. The molecule has 1 atom stereocenters. The lowest BCUT2D eigenvalue weighted by atomic mass is 10.1. The van der Waals surface area contributed by atoms with Crippen molar-refractivity contribution in [1.29, 1.82) is 0 Å². The molecule has 0 saturated carbocycles. The zero-order chi connectivity index (χ0) is 16.9. The number of nitrogens with zero attached hydrogens (tertiary/aromatic N) is 2. The number of hydrogen-bond donors (Lipinski definition) is 2. The van der Waals surface area contributed by atoms with Gasteiger partial charge in [0.2, 0.25) is 5.91 Å². The minimum Gasteiger partial charge on any atom is -0.495 e. The molecule has 2 saturated heterocycles. The molecule has 0 spiro atoms. The molecule has 1 aromatic rings. The SMILES string of the molecule is COc1ccccc1N1CCN(C(=O)C[C@H]2[NH2+]CCNC2=O)CC1. The number of amides is 2. The minimum atomic E-state index is -0.279. The average molecular weight is 333 g/mol. The molecular weight excluding hydrogens is 308 g/mol. The van der Waals surface area contributed by atoms with E-state index in [1.165, 1.54) is 0 Å². The molecule has 2 heterocycles. The molecule has 3 N–H and O–H groups in total. The van der Waals surface area contributed by atoms with Crippen molar-refractivity contribution < 1.29 is 19.6 Å². The van der Waals surface area contributed by atoms with Gasteiger partial charge < -0.3 is 25.2 Å². The highest BCUT2D eigenvalue weighted by Crippen LogP contribution is 2.28. The van der Waals surface area contributed by atoms with E-state index in [1.54, 1.807) is 7.11 Å². The Kier molecular flexibility index (Phi) is 5.20. The van der Waals surface area contributed by atoms with E-state index in [2.05, 4.69) is 10.2 Å². The molecule has 24 heavy (non-hydrogen) atoms. The van der Waals surface area contributed by atoms with Crippen LogP contribution >= 0.6 is 0 Å². The second-order valence-corrected chi connectivity index (χ2v) is 6.17. The molecule has 0 radical (unpaired) electrons. The Hall–Kier alpha value is -2.28. The summed E-state index contributed by atoms with van der Waals surface area (Å²) < 4.78 is 5.41. The number of methoxy groups -OCH3 is 1. The van der Waals surface area contributed by atoms with Crippen molar-refractivity contribution in [1.82, 2.24) is 10.2 Å². The van der Waals surface area contributed by atoms with Crippen molar-refractivity contribution in [2.75, 3.05) is 51.3 Å². The van der Waals surface area contributed by atoms with Gasteiger partial charge in [0.05, 0.1) is 32.3 Å². The Bertz CT molecular complexity index is 599. The molecule has 0 aromatic heterocycles. The minimum absolute atomic E-state index is 0.0257. The van der Waals surface area contributed by atoms with Crippen molar-refractivity contribution in [2.45, 2.75) is 12.5 Å². The molecule has 1 aromatic carbocycles. The van der Waals surface area contributed by atoms with Crippen molar-refractivity contribution in [3.05, 3.63) is 24.3 Å². The summed E-state index contributed by atoms with van der Waals surface area (Å²) in [6, 6.07) is 7.65. The van der Waals surface area contributed by atoms with Gasteiger partial charge in [-0.05, 0) is 12.1 Å². The van der Waals surface area contributed by atoms with Gasteiger partial charge in [-0.3, -0.25) is 9.59 Å². The van der Waals surface area contributed by atoms with Gasteiger partial charge in [-0.15, -0.1) is 0 Å². The first-order valence-electron chi connectivity index (χ1n) is 8.46. The number of benzene rings is 1. The van der Waals surface area contributed by atoms with Crippen LogP contribution in [0.15, 0.2) is 24.3 Å². The van der Waals surface area contributed by atoms with Gasteiger partial charge in [0, 0.05) is 26.2 Å². The van der Waals surface area contributed by atoms with Gasteiger partial charge in [-0.25, -0.2) is 0 Å². The van der Waals surface area contributed by atoms with Crippen LogP contribution in [0.5, 0.6) is 5.75 Å². The van der Waals surface area contributed by atoms with E-state index in [0.29, 0.717) is 19.6 Å². The lowest BCUT2D eigenvalue weighted by molar-refractivity contribution is -0.678. The Balaban J connectivity index is 1.54. The van der Waals surface area contributed by atoms with Crippen LogP contribution in [0.2, 0.25) is 0 Å². The van der Waals surface area contributed by atoms with Gasteiger partial charge in [-0.1, -0.05) is 12.1 Å². The number of piperazine rings is 2. The fourth-order valence-corrected chi connectivity index (χ4v) is 3.30. The summed E-state index contributed by atoms with van der Waals surface area (Å²) in [5.74, 6) is 0.890. The van der Waals surface area contributed by atoms with Crippen LogP contribution in [0, 0.1) is 0 Å². The van der Waals surface area contributed by atoms with E-state index in [9.17, 15) is 9.59 Å². The first kappa shape index (κ1) is 16.6. The zero-order valence-electron chi connectivity index (χ0n) is 14.0. The number of para-hydroxylation sites is 2. The highest BCUT2D eigenvalue weighted by Gasteiger charge is 2.31. The normalized spacial score (nSPS) is 21.4. The molecule has 0 bridgehead atoms. The largest absolute Gasteiger partial charge is 0.495 e. The number of nitrogens with two attached hydrogens (primary N) is 1. The predicted molar refractivity (Wildman–Crippen MR) is 90.0 cm³/mol. The second-order valence-electron chi connectivity index (χ2n) is 6.17. The summed E-state index contributed by atoms with van der Waals surface area (Å²) in [4.78, 5) is 28.3. The lowest BCUT2D eigenvalue weighted by Gasteiger charge is -2.37. The number of ether oxygens (including phenoxy) is 1. The van der Waals surface area contributed by atoms with E-state index in [4.69, 9.17) is 4.74 Å². The molecule has 130 valence electrons. The molecule has 7 nitrogen and oxygen atoms in total. The topological polar surface area (TPSA) is 78.5 Å². The lowest BCUT2D eigenvalue weighted by Crippen LogP contribution is -2.96. The van der Waals surface area contributed by atoms with Crippen molar-refractivity contribution >= 4 is 17.5 Å². The molecule has 0 aliphatic carbocycles. The Morgan fingerprint density at radius 3 is 2.75 bits per heavy atom. The first-order valence-corrected chi connectivity index (χ1v) is 8.46. The fraction of sp³-hybridized carbons (Fsp3) is 0.529. The number of anilines is 1. The monoisotopic (exact) mass is 333 g/mol. The zero-order valence-corrected chi connectivity index (χ0v) is 14.0. The summed E-state index contributed by atoms with van der Waals surface area (Å²) in [5.41, 5.74) is 1.06. The molecule has 3 rings (SSSR count). The first-order chi connectivity index (χ1) is 11.7. The maximum absolute atomic E-state index is 12.5. The van der Waals surface area contributed by atoms with Gasteiger partial charge in [0.1, 0.15) is 5.75 Å². The quantitative estimate of drug-likeness (QED) is 0.725. The number of hydrogen-bond acceptors (Lipinski definition) is 4. The molecule has 7 heteroatoms. The summed E-state index contributed by atoms with van der Waals surface area (Å²) in [6.07, 6.45) is 0.278. The maximum atomic E-state index is 12.5. The third-order valence-corrected chi connectivity index (χ3v) is 4.68. The standard InChI is InChI=1S/C17H24N4O3/c1-24-15-5-3-2-4-14(15)20-8-10-21(11-9-20)16(22)12-13-17(23)19-7-6-18-13/h2-5,13,18H,6-12H2,1H3,(H,19,23)/p+1/t13-/m1/s1. The molecule has 2 amide bonds. The van der Waals surface area contributed by atoms with Crippen LogP contribution in [0.4, 0.5) is 5.69 Å². The van der Waals surface area contributed by atoms with Crippen LogP contribution in [-0.4, -0.2) is 69.1 Å². The number of carbonyl (C=O) groups excluding carboxylic acids is 2. The van der Waals surface area contributed by atoms with Gasteiger partial charge >= 0.3 is 0 Å². The summed E-state index contributed by atoms with van der Waals surface area (Å²) in [5, 5.41) is 4.78. The molecule has 2 aliphatic heterocycles. The van der Waals surface area contributed by atoms with E-state index >= 15 is 0 Å². The highest BCUT2D eigenvalue weighted by atomic mass is 16.5. The van der Waals surface area contributed by atoms with Crippen molar-refractivity contribution in [3.63, 3.8) is 0 Å². The van der Waals surface area contributed by atoms with Crippen LogP contribution in [0.3, 0.4) is 0 Å². The second kappa shape index (κ2) is 7.53. The van der Waals surface area contributed by atoms with Gasteiger partial charge in [-0.2, -0.15) is 0 Å². The third kappa shape index (κ3) is 3.62. The Morgan fingerprint density at radius 1 is 1.29 bits per heavy atom. The molecular formula is C17H25N4O3+. The van der Waals surface area contributed by atoms with E-state index in [0.717, 1.165) is 31.1 Å². The van der Waals surface area contributed by atoms with Crippen LogP contribution in [0.25, 0.3) is 0 Å². The molecule has 0 unspecified atom stereocenters. The van der Waals surface area contributed by atoms with Crippen molar-refractivity contribution in [2.24, 2.45) is 0 Å². The predicted octanol–water partition coefficient (Wildman–Crippen LogP) is -1.20. The maximum Gasteiger partial charge on any atom is 0.278 e. The van der Waals surface area contributed by atoms with Gasteiger partial charge in [0.15, 0.2) is 6.04 Å². The molecule has 2 aliphatic rings. The van der Waals surface area contributed by atoms with Crippen LogP contribution in [0.1, 0.15) is 6.42 Å². The highest BCUT2D eigenvalue weighted by molar-refractivity contribution is 5.87. The number of quaternary nitrogens is 1. The van der Waals surface area contributed by atoms with E-state index in [1.807, 2.05) is 34.5 Å². The van der Waals surface area contributed by atoms with Crippen LogP contribution in [-0.2, 0) is 9.59 Å². The molecule has 2 fully saturated rings. The summed E-state index contributed by atoms with van der Waals surface area (Å²) in [7, 11) is 1.67. The summed E-state index contributed by atoms with van der Waals surface area (Å²) >= 11 is 0. The average Bonchev–Trinajstić information content (AvgIpc) is 2.63. The third-order valence-electron chi connectivity index (χ3n) is 4.68. The van der Waals surface area contributed by atoms with Crippen molar-refractivity contribution in [3.8, 4) is 5.75 Å². The van der Waals surface area contributed by atoms with Gasteiger partial charge in [0.25, 0.3) is 5.91 Å². The number of carbonyl (C=O) groups is 2. The van der Waals surface area contributed by atoms with E-state index < -0.39 is 0 Å². The number of rotatable bonds is 4. The van der Waals surface area contributed by atoms with E-state index in [-0.39, 0.29) is 24.3 Å². The number of nitrogens with one attached hydrogen (secondary N) is 1.